The molecule has 3 aromatic carbocycles. The first-order chi connectivity index (χ1) is 15.5. The molecule has 8 heteroatoms. The number of thioether (sulfide) groups is 1. The summed E-state index contributed by atoms with van der Waals surface area (Å²) in [5.41, 5.74) is 2.27. The van der Waals surface area contributed by atoms with Crippen molar-refractivity contribution in [1.82, 2.24) is 4.90 Å². The van der Waals surface area contributed by atoms with Gasteiger partial charge in [-0.1, -0.05) is 42.5 Å². The van der Waals surface area contributed by atoms with Crippen molar-refractivity contribution in [3.63, 3.8) is 0 Å². The lowest BCUT2D eigenvalue weighted by atomic mass is 10.1. The van der Waals surface area contributed by atoms with Gasteiger partial charge in [-0.25, -0.2) is 13.6 Å². The summed E-state index contributed by atoms with van der Waals surface area (Å²) in [6.07, 6.45) is 0. The number of rotatable bonds is 3. The van der Waals surface area contributed by atoms with Crippen LogP contribution in [-0.4, -0.2) is 29.1 Å². The van der Waals surface area contributed by atoms with E-state index in [0.717, 1.165) is 11.1 Å². The highest BCUT2D eigenvalue weighted by Crippen LogP contribution is 2.54. The van der Waals surface area contributed by atoms with Gasteiger partial charge >= 0.3 is 6.03 Å². The summed E-state index contributed by atoms with van der Waals surface area (Å²) in [4.78, 5) is 28.9. The molecule has 0 aromatic heterocycles. The van der Waals surface area contributed by atoms with Crippen molar-refractivity contribution < 1.29 is 18.4 Å². The number of hydrogen-bond acceptors (Lipinski definition) is 3. The van der Waals surface area contributed by atoms with Gasteiger partial charge in [0.1, 0.15) is 11.6 Å². The second kappa shape index (κ2) is 7.94. The Morgan fingerprint density at radius 3 is 2.50 bits per heavy atom. The van der Waals surface area contributed by atoms with Gasteiger partial charge < -0.3 is 10.2 Å². The van der Waals surface area contributed by atoms with Crippen LogP contribution in [0.1, 0.15) is 11.1 Å². The molecule has 1 N–H and O–H groups in total. The van der Waals surface area contributed by atoms with E-state index in [1.807, 2.05) is 24.3 Å². The second-order valence-electron chi connectivity index (χ2n) is 7.59. The largest absolute Gasteiger partial charge is 0.323 e. The summed E-state index contributed by atoms with van der Waals surface area (Å²) in [6, 6.07) is 18.7. The number of para-hydroxylation sites is 2. The molecule has 2 aliphatic rings. The Morgan fingerprint density at radius 2 is 1.72 bits per heavy atom. The van der Waals surface area contributed by atoms with Gasteiger partial charge in [0.25, 0.3) is 5.91 Å². The third-order valence-corrected chi connectivity index (χ3v) is 7.13. The molecule has 32 heavy (non-hydrogen) atoms. The zero-order valence-corrected chi connectivity index (χ0v) is 17.7. The molecule has 1 atom stereocenters. The van der Waals surface area contributed by atoms with Gasteiger partial charge in [0.15, 0.2) is 4.87 Å². The quantitative estimate of drug-likeness (QED) is 0.613. The van der Waals surface area contributed by atoms with Crippen molar-refractivity contribution in [2.24, 2.45) is 0 Å². The van der Waals surface area contributed by atoms with E-state index >= 15 is 0 Å². The highest BCUT2D eigenvalue weighted by molar-refractivity contribution is 8.01. The molecular formula is C24H19F2N3O2S. The zero-order valence-electron chi connectivity index (χ0n) is 16.9. The Kier molecular flexibility index (Phi) is 5.09. The van der Waals surface area contributed by atoms with Crippen LogP contribution in [0.5, 0.6) is 0 Å². The topological polar surface area (TPSA) is 52.7 Å². The van der Waals surface area contributed by atoms with Crippen LogP contribution >= 0.6 is 11.8 Å². The molecule has 162 valence electrons. The molecule has 2 heterocycles. The van der Waals surface area contributed by atoms with Crippen molar-refractivity contribution in [2.75, 3.05) is 22.5 Å². The lowest BCUT2D eigenvalue weighted by molar-refractivity contribution is -0.123. The van der Waals surface area contributed by atoms with Crippen LogP contribution < -0.4 is 10.2 Å². The number of halogens is 2. The predicted octanol–water partition coefficient (Wildman–Crippen LogP) is 4.95. The Hall–Kier alpha value is -3.39. The minimum atomic E-state index is -1.23. The average molecular weight is 451 g/mol. The molecule has 2 aliphatic heterocycles. The van der Waals surface area contributed by atoms with Crippen LogP contribution in [0.25, 0.3) is 0 Å². The standard InChI is InChI=1S/C24H19F2N3O2S/c25-17-11-9-16(10-12-17)15-28-21-8-4-1-5-18(21)24(22(28)30)29(13-14-32-24)23(31)27-20-7-3-2-6-19(20)26/h1-12H,13-15H2,(H,27,31)/t24-/m0/s1. The van der Waals surface area contributed by atoms with E-state index in [1.54, 1.807) is 29.2 Å². The minimum absolute atomic E-state index is 0.0615. The fourth-order valence-corrected chi connectivity index (χ4v) is 5.70. The highest BCUT2D eigenvalue weighted by Gasteiger charge is 2.59. The maximum atomic E-state index is 14.1. The highest BCUT2D eigenvalue weighted by atomic mass is 32.2. The van der Waals surface area contributed by atoms with Gasteiger partial charge in [0.05, 0.1) is 17.9 Å². The van der Waals surface area contributed by atoms with E-state index < -0.39 is 16.7 Å². The van der Waals surface area contributed by atoms with E-state index in [9.17, 15) is 18.4 Å². The van der Waals surface area contributed by atoms with Crippen molar-refractivity contribution >= 4 is 35.1 Å². The second-order valence-corrected chi connectivity index (χ2v) is 8.88. The fraction of sp³-hybridized carbons (Fsp3) is 0.167. The van der Waals surface area contributed by atoms with E-state index in [-0.39, 0.29) is 24.0 Å². The Balaban J connectivity index is 1.51. The van der Waals surface area contributed by atoms with Crippen LogP contribution in [-0.2, 0) is 16.2 Å². The Morgan fingerprint density at radius 1 is 1.00 bits per heavy atom. The first-order valence-electron chi connectivity index (χ1n) is 10.1. The van der Waals surface area contributed by atoms with Gasteiger partial charge in [0.2, 0.25) is 0 Å². The molecule has 3 aromatic rings. The number of benzene rings is 3. The summed E-state index contributed by atoms with van der Waals surface area (Å²) in [5.74, 6) is -0.567. The Bertz CT molecular complexity index is 1200. The fourth-order valence-electron chi connectivity index (χ4n) is 4.24. The number of anilines is 2. The number of fused-ring (bicyclic) bond motifs is 2. The van der Waals surface area contributed by atoms with Crippen molar-refractivity contribution in [3.8, 4) is 0 Å². The van der Waals surface area contributed by atoms with Crippen LogP contribution in [0.3, 0.4) is 0 Å². The molecule has 3 amide bonds. The number of nitrogens with zero attached hydrogens (tertiary/aromatic N) is 2. The number of carbonyl (C=O) groups excluding carboxylic acids is 2. The Labute approximate surface area is 188 Å². The molecule has 0 saturated carbocycles. The van der Waals surface area contributed by atoms with Crippen LogP contribution in [0.15, 0.2) is 72.8 Å². The SMILES string of the molecule is O=C(Nc1ccccc1F)N1CCS[C@@]12C(=O)N(Cc1ccc(F)cc1)c1ccccc12. The number of hydrogen-bond donors (Lipinski definition) is 1. The van der Waals surface area contributed by atoms with E-state index in [2.05, 4.69) is 5.32 Å². The van der Waals surface area contributed by atoms with Crippen molar-refractivity contribution in [2.45, 2.75) is 11.4 Å². The van der Waals surface area contributed by atoms with Crippen LogP contribution in [0, 0.1) is 11.6 Å². The van der Waals surface area contributed by atoms with Gasteiger partial charge in [0, 0.05) is 17.9 Å². The van der Waals surface area contributed by atoms with E-state index in [0.29, 0.717) is 18.0 Å². The summed E-state index contributed by atoms with van der Waals surface area (Å²) in [6.45, 7) is 0.594. The molecule has 5 nitrogen and oxygen atoms in total. The zero-order chi connectivity index (χ0) is 22.3. The summed E-state index contributed by atoms with van der Waals surface area (Å²) in [5, 5.41) is 2.61. The molecular weight excluding hydrogens is 432 g/mol. The van der Waals surface area contributed by atoms with Gasteiger partial charge in [-0.15, -0.1) is 11.8 Å². The van der Waals surface area contributed by atoms with Crippen LogP contribution in [0.2, 0.25) is 0 Å². The third kappa shape index (κ3) is 3.22. The number of urea groups is 1. The molecule has 0 radical (unpaired) electrons. The normalized spacial score (nSPS) is 19.5. The lowest BCUT2D eigenvalue weighted by Gasteiger charge is -2.33. The third-order valence-electron chi connectivity index (χ3n) is 5.72. The van der Waals surface area contributed by atoms with Crippen LogP contribution in [0.4, 0.5) is 25.0 Å². The van der Waals surface area contributed by atoms with E-state index in [1.165, 1.54) is 40.9 Å². The van der Waals surface area contributed by atoms with Gasteiger partial charge in [-0.3, -0.25) is 9.69 Å². The molecule has 1 fully saturated rings. The monoisotopic (exact) mass is 451 g/mol. The van der Waals surface area contributed by atoms with Crippen molar-refractivity contribution in [1.29, 1.82) is 0 Å². The number of carbonyl (C=O) groups is 2. The molecule has 1 saturated heterocycles. The minimum Gasteiger partial charge on any atom is -0.305 e. The van der Waals surface area contributed by atoms with Crippen molar-refractivity contribution in [3.05, 3.63) is 95.6 Å². The predicted molar refractivity (Wildman–Crippen MR) is 120 cm³/mol. The first-order valence-corrected chi connectivity index (χ1v) is 11.1. The number of amides is 3. The van der Waals surface area contributed by atoms with Gasteiger partial charge in [-0.05, 0) is 35.9 Å². The maximum Gasteiger partial charge on any atom is 0.323 e. The lowest BCUT2D eigenvalue weighted by Crippen LogP contribution is -2.51. The maximum absolute atomic E-state index is 14.1. The molecule has 5 rings (SSSR count). The molecule has 1 spiro atoms. The molecule has 0 unspecified atom stereocenters. The summed E-state index contributed by atoms with van der Waals surface area (Å²) < 4.78 is 27.5. The summed E-state index contributed by atoms with van der Waals surface area (Å²) in [7, 11) is 0. The molecule has 0 aliphatic carbocycles. The number of nitrogens with one attached hydrogen (secondary N) is 1. The van der Waals surface area contributed by atoms with Gasteiger partial charge in [-0.2, -0.15) is 0 Å². The smallest absolute Gasteiger partial charge is 0.305 e. The first kappa shape index (κ1) is 20.5. The molecule has 0 bridgehead atoms. The van der Waals surface area contributed by atoms with E-state index in [4.69, 9.17) is 0 Å². The summed E-state index contributed by atoms with van der Waals surface area (Å²) >= 11 is 1.39. The average Bonchev–Trinajstić information content (AvgIpc) is 3.34.